The molecule has 0 atom stereocenters. The van der Waals surface area contributed by atoms with Gasteiger partial charge in [-0.05, 0) is 42.3 Å². The SMILES string of the molecule is CCn1c2ccc(/C=C/[N+](=O)[O-])cc2c2cc(/C=C/[N+](=O)[O-])ccc21. The van der Waals surface area contributed by atoms with Crippen molar-refractivity contribution in [2.45, 2.75) is 13.5 Å². The largest absolute Gasteiger partial charge is 0.341 e. The van der Waals surface area contributed by atoms with E-state index in [-0.39, 0.29) is 0 Å². The second-order valence-electron chi connectivity index (χ2n) is 5.50. The molecule has 0 radical (unpaired) electrons. The second-order valence-corrected chi connectivity index (χ2v) is 5.50. The molecule has 0 saturated carbocycles. The van der Waals surface area contributed by atoms with Crippen LogP contribution >= 0.6 is 0 Å². The lowest BCUT2D eigenvalue weighted by atomic mass is 10.1. The predicted octanol–water partition coefficient (Wildman–Crippen LogP) is 4.31. The molecule has 0 bridgehead atoms. The first-order chi connectivity index (χ1) is 12.0. The van der Waals surface area contributed by atoms with Crippen molar-refractivity contribution < 1.29 is 9.85 Å². The first-order valence-electron chi connectivity index (χ1n) is 7.69. The third-order valence-corrected chi connectivity index (χ3v) is 4.01. The zero-order valence-electron chi connectivity index (χ0n) is 13.5. The summed E-state index contributed by atoms with van der Waals surface area (Å²) in [5.41, 5.74) is 3.49. The summed E-state index contributed by atoms with van der Waals surface area (Å²) in [6.45, 7) is 2.81. The van der Waals surface area contributed by atoms with Gasteiger partial charge in [-0.15, -0.1) is 0 Å². The van der Waals surface area contributed by atoms with Gasteiger partial charge in [-0.2, -0.15) is 0 Å². The van der Waals surface area contributed by atoms with E-state index >= 15 is 0 Å². The summed E-state index contributed by atoms with van der Waals surface area (Å²) in [7, 11) is 0. The van der Waals surface area contributed by atoms with Gasteiger partial charge in [-0.3, -0.25) is 20.2 Å². The smallest absolute Gasteiger partial charge is 0.235 e. The zero-order valence-corrected chi connectivity index (χ0v) is 13.5. The van der Waals surface area contributed by atoms with E-state index in [1.54, 1.807) is 0 Å². The van der Waals surface area contributed by atoms with Gasteiger partial charge in [-0.25, -0.2) is 0 Å². The fraction of sp³-hybridized carbons (Fsp3) is 0.111. The van der Waals surface area contributed by atoms with Crippen LogP contribution in [0.4, 0.5) is 0 Å². The molecule has 1 heterocycles. The van der Waals surface area contributed by atoms with Crippen molar-refractivity contribution in [3.63, 3.8) is 0 Å². The molecular formula is C18H15N3O4. The molecule has 3 aromatic rings. The average Bonchev–Trinajstić information content (AvgIpc) is 2.90. The van der Waals surface area contributed by atoms with Crippen molar-refractivity contribution in [2.75, 3.05) is 0 Å². The molecule has 25 heavy (non-hydrogen) atoms. The maximum Gasteiger partial charge on any atom is 0.235 e. The molecule has 0 aliphatic heterocycles. The number of rotatable bonds is 5. The number of benzene rings is 2. The van der Waals surface area contributed by atoms with Crippen LogP contribution in [-0.4, -0.2) is 14.4 Å². The molecule has 0 N–H and O–H groups in total. The van der Waals surface area contributed by atoms with Gasteiger partial charge in [0.1, 0.15) is 0 Å². The van der Waals surface area contributed by atoms with Gasteiger partial charge in [-0.1, -0.05) is 12.1 Å². The van der Waals surface area contributed by atoms with Crippen LogP contribution in [0.25, 0.3) is 34.0 Å². The van der Waals surface area contributed by atoms with E-state index in [9.17, 15) is 20.2 Å². The molecule has 1 aromatic heterocycles. The Morgan fingerprint density at radius 2 is 1.32 bits per heavy atom. The van der Waals surface area contributed by atoms with Crippen molar-refractivity contribution in [3.05, 3.63) is 80.2 Å². The van der Waals surface area contributed by atoms with E-state index in [2.05, 4.69) is 4.57 Å². The highest BCUT2D eigenvalue weighted by Gasteiger charge is 2.10. The number of nitro groups is 2. The number of hydrogen-bond acceptors (Lipinski definition) is 4. The lowest BCUT2D eigenvalue weighted by molar-refractivity contribution is -0.401. The van der Waals surface area contributed by atoms with E-state index in [0.29, 0.717) is 0 Å². The van der Waals surface area contributed by atoms with E-state index in [4.69, 9.17) is 0 Å². The Kier molecular flexibility index (Phi) is 4.30. The summed E-state index contributed by atoms with van der Waals surface area (Å²) in [4.78, 5) is 20.0. The lowest BCUT2D eigenvalue weighted by Crippen LogP contribution is -1.92. The molecule has 3 rings (SSSR count). The minimum atomic E-state index is -0.500. The maximum absolute atomic E-state index is 10.5. The van der Waals surface area contributed by atoms with Crippen LogP contribution in [0.1, 0.15) is 18.1 Å². The van der Waals surface area contributed by atoms with Gasteiger partial charge in [0.05, 0.1) is 9.85 Å². The highest BCUT2D eigenvalue weighted by atomic mass is 16.6. The molecule has 2 aromatic carbocycles. The second kappa shape index (κ2) is 6.56. The average molecular weight is 337 g/mol. The topological polar surface area (TPSA) is 91.2 Å². The molecule has 126 valence electrons. The fourth-order valence-electron chi connectivity index (χ4n) is 2.98. The molecule has 0 unspecified atom stereocenters. The summed E-state index contributed by atoms with van der Waals surface area (Å²) >= 11 is 0. The van der Waals surface area contributed by atoms with E-state index in [1.807, 2.05) is 43.3 Å². The quantitative estimate of drug-likeness (QED) is 0.512. The van der Waals surface area contributed by atoms with Crippen LogP contribution in [0, 0.1) is 20.2 Å². The third kappa shape index (κ3) is 3.25. The number of aryl methyl sites for hydroxylation is 1. The van der Waals surface area contributed by atoms with Crippen molar-refractivity contribution in [2.24, 2.45) is 0 Å². The number of aromatic nitrogens is 1. The van der Waals surface area contributed by atoms with Gasteiger partial charge >= 0.3 is 0 Å². The Hall–Kier alpha value is -3.48. The maximum atomic E-state index is 10.5. The highest BCUT2D eigenvalue weighted by Crippen LogP contribution is 2.31. The van der Waals surface area contributed by atoms with Crippen LogP contribution in [-0.2, 0) is 6.54 Å². The minimum Gasteiger partial charge on any atom is -0.341 e. The number of fused-ring (bicyclic) bond motifs is 3. The summed E-state index contributed by atoms with van der Waals surface area (Å²) in [6, 6.07) is 11.3. The molecule has 0 fully saturated rings. The van der Waals surface area contributed by atoms with Crippen LogP contribution in [0.2, 0.25) is 0 Å². The fourth-order valence-corrected chi connectivity index (χ4v) is 2.98. The molecule has 7 heteroatoms. The Morgan fingerprint density at radius 3 is 1.68 bits per heavy atom. The van der Waals surface area contributed by atoms with E-state index in [1.165, 1.54) is 12.2 Å². The van der Waals surface area contributed by atoms with E-state index in [0.717, 1.165) is 51.9 Å². The van der Waals surface area contributed by atoms with Crippen molar-refractivity contribution in [3.8, 4) is 0 Å². The van der Waals surface area contributed by atoms with Gasteiger partial charge in [0.15, 0.2) is 0 Å². The molecular weight excluding hydrogens is 322 g/mol. The molecule has 0 spiro atoms. The third-order valence-electron chi connectivity index (χ3n) is 4.01. The standard InChI is InChI=1S/C18H15N3O4/c1-2-19-17-5-3-13(7-9-20(22)23)11-15(17)16-12-14(4-6-18(16)19)8-10-21(24)25/h3-12H,2H2,1H3/b9-7+,10-8+. The lowest BCUT2D eigenvalue weighted by Gasteiger charge is -2.03. The van der Waals surface area contributed by atoms with Crippen molar-refractivity contribution >= 4 is 34.0 Å². The van der Waals surface area contributed by atoms with Gasteiger partial charge in [0.25, 0.3) is 0 Å². The number of hydrogen-bond donors (Lipinski definition) is 0. The number of nitrogens with zero attached hydrogens (tertiary/aromatic N) is 3. The monoisotopic (exact) mass is 337 g/mol. The Morgan fingerprint density at radius 1 is 0.880 bits per heavy atom. The summed E-state index contributed by atoms with van der Waals surface area (Å²) < 4.78 is 2.15. The molecule has 7 nitrogen and oxygen atoms in total. The van der Waals surface area contributed by atoms with Crippen molar-refractivity contribution in [1.29, 1.82) is 0 Å². The van der Waals surface area contributed by atoms with Crippen LogP contribution in [0.15, 0.2) is 48.8 Å². The Labute approximate surface area is 142 Å². The molecule has 0 aliphatic carbocycles. The molecule has 0 amide bonds. The predicted molar refractivity (Wildman–Crippen MR) is 97.2 cm³/mol. The van der Waals surface area contributed by atoms with Crippen molar-refractivity contribution in [1.82, 2.24) is 4.57 Å². The highest BCUT2D eigenvalue weighted by molar-refractivity contribution is 6.09. The molecule has 0 saturated heterocycles. The zero-order chi connectivity index (χ0) is 18.0. The van der Waals surface area contributed by atoms with Gasteiger partial charge < -0.3 is 4.57 Å². The molecule has 0 aliphatic rings. The summed E-state index contributed by atoms with van der Waals surface area (Å²) in [5, 5.41) is 23.0. The summed E-state index contributed by atoms with van der Waals surface area (Å²) in [6.07, 6.45) is 4.72. The minimum absolute atomic E-state index is 0.500. The van der Waals surface area contributed by atoms with Crippen LogP contribution in [0.3, 0.4) is 0 Å². The van der Waals surface area contributed by atoms with Gasteiger partial charge in [0, 0.05) is 40.5 Å². The van der Waals surface area contributed by atoms with Crippen LogP contribution < -0.4 is 0 Å². The van der Waals surface area contributed by atoms with Gasteiger partial charge in [0.2, 0.25) is 12.4 Å². The summed E-state index contributed by atoms with van der Waals surface area (Å²) in [5.74, 6) is 0. The van der Waals surface area contributed by atoms with Crippen LogP contribution in [0.5, 0.6) is 0 Å². The first-order valence-corrected chi connectivity index (χ1v) is 7.69. The Bertz CT molecular complexity index is 966. The Balaban J connectivity index is 2.23. The normalized spacial score (nSPS) is 11.9. The first kappa shape index (κ1) is 16.4. The van der Waals surface area contributed by atoms with E-state index < -0.39 is 9.85 Å².